The number of rotatable bonds is 66. The highest BCUT2D eigenvalue weighted by atomic mass is 31.2. The monoisotopic (exact) mass is 1470 g/mol. The van der Waals surface area contributed by atoms with Crippen LogP contribution in [0.5, 0.6) is 0 Å². The minimum atomic E-state index is -5.40. The highest BCUT2D eigenvalue weighted by molar-refractivity contribution is 7.46. The van der Waals surface area contributed by atoms with Crippen molar-refractivity contribution < 1.29 is 119 Å². The number of unbranched alkanes of at least 4 members (excludes halogenated alkanes) is 30. The molecule has 2 fully saturated rings. The van der Waals surface area contributed by atoms with E-state index in [4.69, 9.17) is 56.2 Å². The number of nitrogens with one attached hydrogen (secondary N) is 1. The maximum atomic E-state index is 14.2. The molecule has 2 heterocycles. The van der Waals surface area contributed by atoms with Crippen LogP contribution in [-0.4, -0.2) is 180 Å². The molecule has 0 aromatic heterocycles. The molecule has 8 N–H and O–H groups in total. The number of amides is 1. The van der Waals surface area contributed by atoms with Crippen molar-refractivity contribution in [2.75, 3.05) is 60.0 Å². The van der Waals surface area contributed by atoms with Crippen molar-refractivity contribution in [1.29, 1.82) is 0 Å². The van der Waals surface area contributed by atoms with Crippen molar-refractivity contribution in [1.82, 2.24) is 5.32 Å². The Balaban J connectivity index is 2.67. The molecule has 0 spiro atoms. The summed E-state index contributed by atoms with van der Waals surface area (Å²) >= 11 is 0. The van der Waals surface area contributed by atoms with Crippen molar-refractivity contribution in [3.8, 4) is 0 Å². The Bertz CT molecular complexity index is 2170. The second kappa shape index (κ2) is 57.6. The lowest BCUT2D eigenvalue weighted by Crippen LogP contribution is -2.67. The van der Waals surface area contributed by atoms with Crippen molar-refractivity contribution >= 4 is 41.1 Å². The zero-order valence-corrected chi connectivity index (χ0v) is 63.0. The van der Waals surface area contributed by atoms with Gasteiger partial charge in [0.1, 0.15) is 48.4 Å². The standard InChI is InChI=1S/C69H132NO25P3/c1-6-10-14-18-21-24-25-26-27-28-29-31-33-37-41-45-61(74)94-67-66(86-48-46-57(84-5)44-40-35-17-13-9-4)64(95-98(81,82)83)58(54-71)92-69(67)89-55-59-63(87-49-51-90-96(75,76)77)65(85-47-42-38-34-23-20-16-12-8-3)62(68(93-59)88-50-52-91-97(78,79)80)70-60(73)53-56(72)43-39-36-32-30-22-19-15-11-7-2/h24-25,57-59,62-69,71H,6-23,26-55H2,1-5H3,(H,70,73)(H2,75,76,77)(H2,78,79,80)(H2,81,82,83)/b25-24-/t57-,58+,59+,62-,63+,64+,65+,66-,67+,68-,69+/m0/s1. The number of phosphoric acid groups is 3. The molecule has 0 aliphatic carbocycles. The number of hydrogen-bond donors (Lipinski definition) is 8. The van der Waals surface area contributed by atoms with Gasteiger partial charge >= 0.3 is 29.4 Å². The summed E-state index contributed by atoms with van der Waals surface area (Å²) in [6.07, 6.45) is 25.8. The van der Waals surface area contributed by atoms with Gasteiger partial charge in [-0.05, 0) is 57.8 Å². The number of esters is 1. The van der Waals surface area contributed by atoms with Crippen LogP contribution in [0.3, 0.4) is 0 Å². The molecule has 0 unspecified atom stereocenters. The van der Waals surface area contributed by atoms with E-state index in [0.717, 1.165) is 161 Å². The smallest absolute Gasteiger partial charge is 0.454 e. The highest BCUT2D eigenvalue weighted by Gasteiger charge is 2.54. The molecule has 1 amide bonds. The van der Waals surface area contributed by atoms with Gasteiger partial charge in [0.15, 0.2) is 18.7 Å². The first-order valence-electron chi connectivity index (χ1n) is 37.4. The molecule has 2 rings (SSSR count). The van der Waals surface area contributed by atoms with E-state index >= 15 is 0 Å². The predicted molar refractivity (Wildman–Crippen MR) is 373 cm³/mol. The number of ether oxygens (including phenoxy) is 9. The van der Waals surface area contributed by atoms with E-state index in [1.807, 2.05) is 0 Å². The normalized spacial score (nSPS) is 22.0. The van der Waals surface area contributed by atoms with Crippen molar-refractivity contribution in [2.45, 2.75) is 352 Å². The molecule has 98 heavy (non-hydrogen) atoms. The molecule has 11 atom stereocenters. The van der Waals surface area contributed by atoms with Gasteiger partial charge in [-0.1, -0.05) is 220 Å². The van der Waals surface area contributed by atoms with Crippen LogP contribution < -0.4 is 5.32 Å². The summed E-state index contributed by atoms with van der Waals surface area (Å²) in [7, 11) is -13.9. The second-order valence-electron chi connectivity index (χ2n) is 26.2. The Morgan fingerprint density at radius 1 is 0.449 bits per heavy atom. The number of carbonyl (C=O) groups is 3. The number of methoxy groups -OCH3 is 1. The number of ketones is 1. The van der Waals surface area contributed by atoms with Gasteiger partial charge < -0.3 is 82.4 Å². The van der Waals surface area contributed by atoms with E-state index in [9.17, 15) is 62.5 Å². The molecule has 2 saturated heterocycles. The lowest BCUT2D eigenvalue weighted by atomic mass is 9.95. The molecule has 0 bridgehead atoms. The Morgan fingerprint density at radius 3 is 1.43 bits per heavy atom. The van der Waals surface area contributed by atoms with Gasteiger partial charge in [0.2, 0.25) is 5.91 Å². The second-order valence-corrected chi connectivity index (χ2v) is 29.9. The molecule has 0 saturated carbocycles. The third-order valence-electron chi connectivity index (χ3n) is 17.6. The maximum Gasteiger partial charge on any atom is 0.470 e. The number of Topliss-reactive ketones (excluding diaryl/α,β-unsaturated/α-hetero) is 1. The number of carbonyl (C=O) groups excluding carboxylic acids is 3. The summed E-state index contributed by atoms with van der Waals surface area (Å²) in [5, 5.41) is 13.8. The van der Waals surface area contributed by atoms with E-state index in [1.165, 1.54) is 38.5 Å². The fraction of sp³-hybridized carbons (Fsp3) is 0.928. The fourth-order valence-electron chi connectivity index (χ4n) is 12.2. The van der Waals surface area contributed by atoms with E-state index in [-0.39, 0.29) is 37.9 Å². The Hall–Kier alpha value is -1.68. The molecule has 0 aromatic rings. The van der Waals surface area contributed by atoms with E-state index < -0.39 is 143 Å². The molecule has 26 nitrogen and oxygen atoms in total. The predicted octanol–water partition coefficient (Wildman–Crippen LogP) is 13.5. The number of allylic oxidation sites excluding steroid dienone is 2. The lowest BCUT2D eigenvalue weighted by Gasteiger charge is -2.47. The molecule has 2 aliphatic rings. The SMILES string of the molecule is CCCCCC/C=C\CCCCCCCCCC(=O)O[C@H]1[C@H](OC[C@H]2O[C@H](OCCOP(=O)(O)O)[C@@H](NC(=O)CC(=O)CCCCCCCCCCC)[C@@H](OCCCCCCCCCC)[C@@H]2OCCOP(=O)(O)O)O[C@H](CO)[C@@H](OP(=O)(O)O)[C@@H]1OCC[C@H](CCCCCCC)OC. The molecule has 2 aliphatic heterocycles. The molecule has 0 radical (unpaired) electrons. The zero-order valence-electron chi connectivity index (χ0n) is 60.3. The summed E-state index contributed by atoms with van der Waals surface area (Å²) < 4.78 is 108. The third-order valence-corrected chi connectivity index (χ3v) is 19.1. The minimum Gasteiger partial charge on any atom is -0.454 e. The van der Waals surface area contributed by atoms with Crippen LogP contribution in [-0.2, 0) is 84.3 Å². The number of hydrogen-bond acceptors (Lipinski definition) is 19. The average Bonchev–Trinajstić information content (AvgIpc) is 0.787. The van der Waals surface area contributed by atoms with Gasteiger partial charge in [0.25, 0.3) is 0 Å². The lowest BCUT2D eigenvalue weighted by molar-refractivity contribution is -0.329. The van der Waals surface area contributed by atoms with Crippen molar-refractivity contribution in [3.63, 3.8) is 0 Å². The Morgan fingerprint density at radius 2 is 0.908 bits per heavy atom. The number of phosphoric ester groups is 3. The fourth-order valence-corrected chi connectivity index (χ4v) is 13.4. The first-order valence-corrected chi connectivity index (χ1v) is 42.0. The van der Waals surface area contributed by atoms with E-state index in [0.29, 0.717) is 38.5 Å². The summed E-state index contributed by atoms with van der Waals surface area (Å²) in [6, 6.07) is -1.36. The van der Waals surface area contributed by atoms with Gasteiger partial charge in [-0.3, -0.25) is 28.0 Å². The van der Waals surface area contributed by atoms with Crippen LogP contribution in [0.15, 0.2) is 12.2 Å². The highest BCUT2D eigenvalue weighted by Crippen LogP contribution is 2.43. The zero-order chi connectivity index (χ0) is 72.1. The first kappa shape index (κ1) is 92.4. The minimum absolute atomic E-state index is 0.0614. The summed E-state index contributed by atoms with van der Waals surface area (Å²) in [6.45, 7) is 4.67. The van der Waals surface area contributed by atoms with Gasteiger partial charge in [0, 0.05) is 33.2 Å². The maximum absolute atomic E-state index is 14.2. The summed E-state index contributed by atoms with van der Waals surface area (Å²) in [5.74, 6) is -1.80. The summed E-state index contributed by atoms with van der Waals surface area (Å²) in [5.41, 5.74) is 0. The van der Waals surface area contributed by atoms with Crippen molar-refractivity contribution in [3.05, 3.63) is 12.2 Å². The number of aliphatic hydroxyl groups is 1. The first-order chi connectivity index (χ1) is 47.1. The van der Waals surface area contributed by atoms with E-state index in [2.05, 4.69) is 45.2 Å². The quantitative estimate of drug-likeness (QED) is 0.00922. The van der Waals surface area contributed by atoms with Gasteiger partial charge in [-0.25, -0.2) is 13.7 Å². The molecule has 29 heteroatoms. The van der Waals surface area contributed by atoms with Crippen LogP contribution in [0.2, 0.25) is 0 Å². The summed E-state index contributed by atoms with van der Waals surface area (Å²) in [4.78, 5) is 101. The van der Waals surface area contributed by atoms with Crippen LogP contribution in [0.1, 0.15) is 285 Å². The molecular formula is C69H132NO25P3. The van der Waals surface area contributed by atoms with Gasteiger partial charge in [-0.15, -0.1) is 0 Å². The van der Waals surface area contributed by atoms with E-state index in [1.54, 1.807) is 7.11 Å². The molecular weight excluding hydrogens is 1340 g/mol. The van der Waals surface area contributed by atoms with Crippen LogP contribution in [0.4, 0.5) is 0 Å². The van der Waals surface area contributed by atoms with Gasteiger partial charge in [0.05, 0.1) is 52.2 Å². The van der Waals surface area contributed by atoms with Crippen LogP contribution >= 0.6 is 23.5 Å². The topological polar surface area (TPSA) is 367 Å². The Kier molecular flexibility index (Phi) is 54.3. The van der Waals surface area contributed by atoms with Crippen molar-refractivity contribution in [2.24, 2.45) is 0 Å². The molecule has 0 aromatic carbocycles. The largest absolute Gasteiger partial charge is 0.470 e. The number of aliphatic hydroxyl groups excluding tert-OH is 1. The third kappa shape index (κ3) is 46.9. The van der Waals surface area contributed by atoms with Crippen LogP contribution in [0, 0.1) is 0 Å². The van der Waals surface area contributed by atoms with Gasteiger partial charge in [-0.2, -0.15) is 0 Å². The Labute approximate surface area is 586 Å². The average molecular weight is 1470 g/mol. The molecule has 578 valence electrons. The van der Waals surface area contributed by atoms with Crippen LogP contribution in [0.25, 0.3) is 0 Å².